The maximum absolute atomic E-state index is 12.3. The summed E-state index contributed by atoms with van der Waals surface area (Å²) in [4.78, 5) is 25.2. The Kier molecular flexibility index (Phi) is 4.97. The molecule has 1 saturated heterocycles. The van der Waals surface area contributed by atoms with Crippen molar-refractivity contribution in [2.75, 3.05) is 23.3 Å². The standard InChI is InChI=1S/C19H21N3O3/c1-14-12-16(8-9-17(14)21-10-4-5-11-21)20-19(23)13-15-6-2-3-7-18(15)22(24)25/h2-3,6-9,12H,4-5,10-11,13H2,1H3,(H,20,23). The molecule has 1 aliphatic rings. The quantitative estimate of drug-likeness (QED) is 0.666. The van der Waals surface area contributed by atoms with Gasteiger partial charge < -0.3 is 10.2 Å². The van der Waals surface area contributed by atoms with E-state index >= 15 is 0 Å². The van der Waals surface area contributed by atoms with Crippen LogP contribution in [0.2, 0.25) is 0 Å². The second-order valence-electron chi connectivity index (χ2n) is 6.31. The van der Waals surface area contributed by atoms with E-state index < -0.39 is 4.92 Å². The number of amides is 1. The molecule has 0 radical (unpaired) electrons. The zero-order valence-corrected chi connectivity index (χ0v) is 14.2. The number of benzene rings is 2. The van der Waals surface area contributed by atoms with E-state index in [9.17, 15) is 14.9 Å². The number of nitrogens with one attached hydrogen (secondary N) is 1. The normalized spacial score (nSPS) is 13.7. The van der Waals surface area contributed by atoms with Crippen molar-refractivity contribution in [2.45, 2.75) is 26.2 Å². The number of nitrogens with zero attached hydrogens (tertiary/aromatic N) is 2. The molecule has 0 bridgehead atoms. The summed E-state index contributed by atoms with van der Waals surface area (Å²) in [5.41, 5.74) is 3.41. The minimum Gasteiger partial charge on any atom is -0.371 e. The zero-order chi connectivity index (χ0) is 17.8. The first-order chi connectivity index (χ1) is 12.0. The predicted octanol–water partition coefficient (Wildman–Crippen LogP) is 3.68. The van der Waals surface area contributed by atoms with E-state index in [0.717, 1.165) is 18.7 Å². The number of para-hydroxylation sites is 1. The van der Waals surface area contributed by atoms with E-state index in [-0.39, 0.29) is 18.0 Å². The first-order valence-electron chi connectivity index (χ1n) is 8.42. The highest BCUT2D eigenvalue weighted by molar-refractivity contribution is 5.93. The highest BCUT2D eigenvalue weighted by Crippen LogP contribution is 2.27. The van der Waals surface area contributed by atoms with Crippen LogP contribution in [0.25, 0.3) is 0 Å². The van der Waals surface area contributed by atoms with Crippen LogP contribution in [0.15, 0.2) is 42.5 Å². The summed E-state index contributed by atoms with van der Waals surface area (Å²) in [6.45, 7) is 4.18. The fourth-order valence-electron chi connectivity index (χ4n) is 3.26. The van der Waals surface area contributed by atoms with Crippen molar-refractivity contribution >= 4 is 23.0 Å². The van der Waals surface area contributed by atoms with Crippen LogP contribution in [0.5, 0.6) is 0 Å². The van der Waals surface area contributed by atoms with Gasteiger partial charge in [-0.1, -0.05) is 18.2 Å². The highest BCUT2D eigenvalue weighted by atomic mass is 16.6. The number of nitro benzene ring substituents is 1. The number of nitro groups is 1. The fourth-order valence-corrected chi connectivity index (χ4v) is 3.26. The van der Waals surface area contributed by atoms with E-state index in [1.54, 1.807) is 18.2 Å². The van der Waals surface area contributed by atoms with Crippen LogP contribution in [0.1, 0.15) is 24.0 Å². The van der Waals surface area contributed by atoms with Gasteiger partial charge in [0.2, 0.25) is 5.91 Å². The topological polar surface area (TPSA) is 75.5 Å². The van der Waals surface area contributed by atoms with Gasteiger partial charge in [0.05, 0.1) is 11.3 Å². The lowest BCUT2D eigenvalue weighted by molar-refractivity contribution is -0.385. The summed E-state index contributed by atoms with van der Waals surface area (Å²) in [5, 5.41) is 13.9. The van der Waals surface area contributed by atoms with Crippen molar-refractivity contribution in [3.8, 4) is 0 Å². The number of carbonyl (C=O) groups is 1. The zero-order valence-electron chi connectivity index (χ0n) is 14.2. The molecule has 2 aromatic carbocycles. The first-order valence-corrected chi connectivity index (χ1v) is 8.42. The molecule has 1 amide bonds. The number of hydrogen-bond acceptors (Lipinski definition) is 4. The van der Waals surface area contributed by atoms with Gasteiger partial charge in [0.25, 0.3) is 5.69 Å². The Labute approximate surface area is 146 Å². The Bertz CT molecular complexity index is 798. The Morgan fingerprint density at radius 2 is 1.92 bits per heavy atom. The molecule has 0 unspecified atom stereocenters. The number of aryl methyl sites for hydroxylation is 1. The highest BCUT2D eigenvalue weighted by Gasteiger charge is 2.17. The lowest BCUT2D eigenvalue weighted by atomic mass is 10.1. The largest absolute Gasteiger partial charge is 0.371 e. The van der Waals surface area contributed by atoms with Crippen LogP contribution in [0.3, 0.4) is 0 Å². The fraction of sp³-hybridized carbons (Fsp3) is 0.316. The Morgan fingerprint density at radius 1 is 1.20 bits per heavy atom. The summed E-state index contributed by atoms with van der Waals surface area (Å²) >= 11 is 0. The molecule has 0 atom stereocenters. The van der Waals surface area contributed by atoms with Gasteiger partial charge in [-0.15, -0.1) is 0 Å². The third-order valence-electron chi connectivity index (χ3n) is 4.47. The molecular formula is C19H21N3O3. The van der Waals surface area contributed by atoms with Crippen molar-refractivity contribution in [3.05, 3.63) is 63.7 Å². The molecule has 0 aliphatic carbocycles. The molecule has 2 aromatic rings. The molecule has 6 nitrogen and oxygen atoms in total. The molecule has 6 heteroatoms. The van der Waals surface area contributed by atoms with Crippen LogP contribution in [-0.4, -0.2) is 23.9 Å². The molecule has 1 heterocycles. The van der Waals surface area contributed by atoms with Gasteiger partial charge in [-0.25, -0.2) is 0 Å². The van der Waals surface area contributed by atoms with Crippen molar-refractivity contribution < 1.29 is 9.72 Å². The summed E-state index contributed by atoms with van der Waals surface area (Å²) < 4.78 is 0. The lowest BCUT2D eigenvalue weighted by Crippen LogP contribution is -2.19. The number of anilines is 2. The average Bonchev–Trinajstić information content (AvgIpc) is 3.09. The molecule has 1 N–H and O–H groups in total. The number of rotatable bonds is 5. The van der Waals surface area contributed by atoms with Gasteiger partial charge in [0, 0.05) is 36.1 Å². The second-order valence-corrected chi connectivity index (χ2v) is 6.31. The van der Waals surface area contributed by atoms with Crippen LogP contribution < -0.4 is 10.2 Å². The lowest BCUT2D eigenvalue weighted by Gasteiger charge is -2.20. The maximum Gasteiger partial charge on any atom is 0.273 e. The number of hydrogen-bond donors (Lipinski definition) is 1. The molecule has 1 fully saturated rings. The Hall–Kier alpha value is -2.89. The Morgan fingerprint density at radius 3 is 2.60 bits per heavy atom. The summed E-state index contributed by atoms with van der Waals surface area (Å²) in [6.07, 6.45) is 2.41. The SMILES string of the molecule is Cc1cc(NC(=O)Cc2ccccc2[N+](=O)[O-])ccc1N1CCCC1. The van der Waals surface area contributed by atoms with Gasteiger partial charge in [-0.3, -0.25) is 14.9 Å². The van der Waals surface area contributed by atoms with Gasteiger partial charge in [-0.05, 0) is 43.5 Å². The van der Waals surface area contributed by atoms with Crippen molar-refractivity contribution in [1.82, 2.24) is 0 Å². The van der Waals surface area contributed by atoms with Crippen LogP contribution in [0.4, 0.5) is 17.1 Å². The van der Waals surface area contributed by atoms with E-state index in [0.29, 0.717) is 11.3 Å². The van der Waals surface area contributed by atoms with Crippen molar-refractivity contribution in [1.29, 1.82) is 0 Å². The van der Waals surface area contributed by atoms with E-state index in [2.05, 4.69) is 10.2 Å². The smallest absolute Gasteiger partial charge is 0.273 e. The maximum atomic E-state index is 12.3. The molecule has 25 heavy (non-hydrogen) atoms. The van der Waals surface area contributed by atoms with Crippen molar-refractivity contribution in [3.63, 3.8) is 0 Å². The monoisotopic (exact) mass is 339 g/mol. The van der Waals surface area contributed by atoms with Crippen molar-refractivity contribution in [2.24, 2.45) is 0 Å². The van der Waals surface area contributed by atoms with E-state index in [1.807, 2.05) is 25.1 Å². The molecule has 0 saturated carbocycles. The first kappa shape index (κ1) is 17.0. The third-order valence-corrected chi connectivity index (χ3v) is 4.47. The molecule has 3 rings (SSSR count). The van der Waals surface area contributed by atoms with Gasteiger partial charge in [0.1, 0.15) is 0 Å². The molecule has 0 spiro atoms. The van der Waals surface area contributed by atoms with E-state index in [1.165, 1.54) is 24.6 Å². The van der Waals surface area contributed by atoms with Crippen LogP contribution in [-0.2, 0) is 11.2 Å². The minimum atomic E-state index is -0.461. The van der Waals surface area contributed by atoms with Gasteiger partial charge in [-0.2, -0.15) is 0 Å². The number of carbonyl (C=O) groups excluding carboxylic acids is 1. The van der Waals surface area contributed by atoms with Crippen LogP contribution >= 0.6 is 0 Å². The van der Waals surface area contributed by atoms with Gasteiger partial charge in [0.15, 0.2) is 0 Å². The molecular weight excluding hydrogens is 318 g/mol. The second kappa shape index (κ2) is 7.34. The van der Waals surface area contributed by atoms with Gasteiger partial charge >= 0.3 is 0 Å². The predicted molar refractivity (Wildman–Crippen MR) is 98.1 cm³/mol. The van der Waals surface area contributed by atoms with E-state index in [4.69, 9.17) is 0 Å². The average molecular weight is 339 g/mol. The minimum absolute atomic E-state index is 0.0237. The summed E-state index contributed by atoms with van der Waals surface area (Å²) in [5.74, 6) is -0.261. The molecule has 1 aliphatic heterocycles. The summed E-state index contributed by atoms with van der Waals surface area (Å²) in [6, 6.07) is 12.2. The summed E-state index contributed by atoms with van der Waals surface area (Å²) in [7, 11) is 0. The molecule has 0 aromatic heterocycles. The van der Waals surface area contributed by atoms with Crippen LogP contribution in [0, 0.1) is 17.0 Å². The third kappa shape index (κ3) is 3.96. The Balaban J connectivity index is 1.69. The molecule has 130 valence electrons.